The van der Waals surface area contributed by atoms with Gasteiger partial charge in [0.1, 0.15) is 6.54 Å². The van der Waals surface area contributed by atoms with E-state index in [1.54, 1.807) is 4.57 Å². The molecule has 0 atom stereocenters. The van der Waals surface area contributed by atoms with Crippen molar-refractivity contribution in [3.8, 4) is 0 Å². The van der Waals surface area contributed by atoms with Crippen LogP contribution in [0.3, 0.4) is 0 Å². The second-order valence-electron chi connectivity index (χ2n) is 6.90. The van der Waals surface area contributed by atoms with Gasteiger partial charge in [0.2, 0.25) is 11.8 Å². The average Bonchev–Trinajstić information content (AvgIpc) is 2.92. The molecule has 1 aromatic heterocycles. The molecule has 7 nitrogen and oxygen atoms in total. The molecule has 0 aliphatic rings. The smallest absolute Gasteiger partial charge is 0.258 e. The maximum Gasteiger partial charge on any atom is 0.258 e. The summed E-state index contributed by atoms with van der Waals surface area (Å²) in [5, 5.41) is 3.82. The number of hydrogen-bond acceptors (Lipinski definition) is 3. The summed E-state index contributed by atoms with van der Waals surface area (Å²) < 4.78 is 1.80. The van der Waals surface area contributed by atoms with E-state index in [0.717, 1.165) is 10.9 Å². The van der Waals surface area contributed by atoms with Crippen LogP contribution in [0.4, 0.5) is 0 Å². The van der Waals surface area contributed by atoms with Crippen LogP contribution in [0.25, 0.3) is 10.9 Å². The second-order valence-corrected chi connectivity index (χ2v) is 6.90. The minimum Gasteiger partial charge on any atom is -0.351 e. The first-order chi connectivity index (χ1) is 11.7. The lowest BCUT2D eigenvalue weighted by Gasteiger charge is -2.20. The van der Waals surface area contributed by atoms with E-state index < -0.39 is 5.91 Å². The molecule has 1 aromatic carbocycles. The first-order valence-corrected chi connectivity index (χ1v) is 8.17. The van der Waals surface area contributed by atoms with Crippen LogP contribution < -0.4 is 16.2 Å². The summed E-state index contributed by atoms with van der Waals surface area (Å²) in [6, 6.07) is 9.65. The quantitative estimate of drug-likeness (QED) is 0.718. The van der Waals surface area contributed by atoms with Crippen LogP contribution in [0.15, 0.2) is 36.5 Å². The fourth-order valence-electron chi connectivity index (χ4n) is 2.38. The number of para-hydroxylation sites is 1. The molecule has 7 heteroatoms. The van der Waals surface area contributed by atoms with Gasteiger partial charge in [-0.15, -0.1) is 0 Å². The number of nitrogens with zero attached hydrogens (tertiary/aromatic N) is 1. The molecule has 3 N–H and O–H groups in total. The lowest BCUT2D eigenvalue weighted by molar-refractivity contribution is -0.130. The van der Waals surface area contributed by atoms with E-state index in [9.17, 15) is 14.4 Å². The summed E-state index contributed by atoms with van der Waals surface area (Å²) in [6.45, 7) is 5.71. The minimum absolute atomic E-state index is 0.00858. The van der Waals surface area contributed by atoms with Crippen LogP contribution in [-0.2, 0) is 20.9 Å². The van der Waals surface area contributed by atoms with Crippen LogP contribution in [0.5, 0.6) is 0 Å². The van der Waals surface area contributed by atoms with Crippen LogP contribution >= 0.6 is 0 Å². The summed E-state index contributed by atoms with van der Waals surface area (Å²) in [6.07, 6.45) is 1.90. The van der Waals surface area contributed by atoms with Crippen molar-refractivity contribution in [3.05, 3.63) is 36.5 Å². The molecule has 25 heavy (non-hydrogen) atoms. The number of hydrogen-bond donors (Lipinski definition) is 3. The highest BCUT2D eigenvalue weighted by atomic mass is 16.2. The zero-order valence-corrected chi connectivity index (χ0v) is 14.8. The topological polar surface area (TPSA) is 92.2 Å². The molecule has 1 heterocycles. The lowest BCUT2D eigenvalue weighted by atomic mass is 10.1. The van der Waals surface area contributed by atoms with Crippen molar-refractivity contribution in [1.29, 1.82) is 0 Å². The fourth-order valence-corrected chi connectivity index (χ4v) is 2.38. The van der Waals surface area contributed by atoms with Crippen molar-refractivity contribution in [2.24, 2.45) is 0 Å². The van der Waals surface area contributed by atoms with E-state index in [4.69, 9.17) is 0 Å². The Labute approximate surface area is 146 Å². The van der Waals surface area contributed by atoms with Crippen LogP contribution in [0.1, 0.15) is 33.6 Å². The first-order valence-electron chi connectivity index (χ1n) is 8.17. The molecule has 0 bridgehead atoms. The molecule has 2 rings (SSSR count). The van der Waals surface area contributed by atoms with Gasteiger partial charge in [-0.05, 0) is 38.3 Å². The van der Waals surface area contributed by atoms with E-state index in [1.165, 1.54) is 0 Å². The largest absolute Gasteiger partial charge is 0.351 e. The Hall–Kier alpha value is -2.83. The predicted molar refractivity (Wildman–Crippen MR) is 95.4 cm³/mol. The Morgan fingerprint density at radius 2 is 1.56 bits per heavy atom. The Kier molecular flexibility index (Phi) is 5.80. The van der Waals surface area contributed by atoms with E-state index in [1.807, 2.05) is 57.3 Å². The maximum atomic E-state index is 12.0. The molecular formula is C18H24N4O3. The molecule has 3 amide bonds. The van der Waals surface area contributed by atoms with Crippen molar-refractivity contribution < 1.29 is 14.4 Å². The lowest BCUT2D eigenvalue weighted by Crippen LogP contribution is -2.44. The van der Waals surface area contributed by atoms with Crippen LogP contribution in [0, 0.1) is 0 Å². The Morgan fingerprint density at radius 1 is 0.920 bits per heavy atom. The van der Waals surface area contributed by atoms with Gasteiger partial charge in [0.05, 0.1) is 0 Å². The molecule has 0 fully saturated rings. The number of carbonyl (C=O) groups is 3. The molecule has 0 spiro atoms. The van der Waals surface area contributed by atoms with Crippen molar-refractivity contribution in [2.75, 3.05) is 0 Å². The SMILES string of the molecule is CC(C)(C)NC(=O)CCC(=O)NNC(=O)Cn1ccc2ccccc21. The van der Waals surface area contributed by atoms with Gasteiger partial charge in [-0.1, -0.05) is 18.2 Å². The third kappa shape index (κ3) is 5.95. The zero-order chi connectivity index (χ0) is 18.4. The number of fused-ring (bicyclic) bond motifs is 1. The van der Waals surface area contributed by atoms with Gasteiger partial charge in [-0.3, -0.25) is 25.2 Å². The van der Waals surface area contributed by atoms with Gasteiger partial charge in [-0.25, -0.2) is 0 Å². The standard InChI is InChI=1S/C18H24N4O3/c1-18(2,3)19-15(23)8-9-16(24)20-21-17(25)12-22-11-10-13-6-4-5-7-14(13)22/h4-7,10-11H,8-9,12H2,1-3H3,(H,19,23)(H,20,24)(H,21,25). The van der Waals surface area contributed by atoms with Gasteiger partial charge in [0, 0.05) is 30.1 Å². The van der Waals surface area contributed by atoms with Gasteiger partial charge in [-0.2, -0.15) is 0 Å². The number of aromatic nitrogens is 1. The molecule has 0 unspecified atom stereocenters. The minimum atomic E-state index is -0.408. The molecule has 0 aliphatic heterocycles. The first kappa shape index (κ1) is 18.5. The summed E-state index contributed by atoms with van der Waals surface area (Å²) in [4.78, 5) is 35.3. The summed E-state index contributed by atoms with van der Waals surface area (Å²) in [5.41, 5.74) is 5.31. The number of rotatable bonds is 5. The Morgan fingerprint density at radius 3 is 2.28 bits per heavy atom. The van der Waals surface area contributed by atoms with Crippen molar-refractivity contribution in [3.63, 3.8) is 0 Å². The van der Waals surface area contributed by atoms with Crippen LogP contribution in [-0.4, -0.2) is 27.8 Å². The molecule has 0 radical (unpaired) electrons. The number of carbonyl (C=O) groups excluding carboxylic acids is 3. The molecular weight excluding hydrogens is 320 g/mol. The van der Waals surface area contributed by atoms with E-state index >= 15 is 0 Å². The number of benzene rings is 1. The summed E-state index contributed by atoms with van der Waals surface area (Å²) in [5.74, 6) is -0.948. The highest BCUT2D eigenvalue weighted by Crippen LogP contribution is 2.14. The summed E-state index contributed by atoms with van der Waals surface area (Å²) >= 11 is 0. The molecule has 134 valence electrons. The highest BCUT2D eigenvalue weighted by Gasteiger charge is 2.15. The molecule has 0 aliphatic carbocycles. The van der Waals surface area contributed by atoms with E-state index in [0.29, 0.717) is 0 Å². The highest BCUT2D eigenvalue weighted by molar-refractivity contribution is 5.87. The Bertz CT molecular complexity index is 774. The number of amides is 3. The van der Waals surface area contributed by atoms with Gasteiger partial charge in [0.25, 0.3) is 5.91 Å². The molecule has 0 saturated carbocycles. The van der Waals surface area contributed by atoms with Gasteiger partial charge >= 0.3 is 0 Å². The predicted octanol–water partition coefficient (Wildman–Crippen LogP) is 1.48. The van der Waals surface area contributed by atoms with Crippen molar-refractivity contribution in [1.82, 2.24) is 20.7 Å². The van der Waals surface area contributed by atoms with Crippen molar-refractivity contribution >= 4 is 28.6 Å². The van der Waals surface area contributed by atoms with E-state index in [2.05, 4.69) is 16.2 Å². The molecule has 2 aromatic rings. The van der Waals surface area contributed by atoms with Gasteiger partial charge < -0.3 is 9.88 Å². The zero-order valence-electron chi connectivity index (χ0n) is 14.8. The molecule has 0 saturated heterocycles. The van der Waals surface area contributed by atoms with E-state index in [-0.39, 0.29) is 36.7 Å². The van der Waals surface area contributed by atoms with Crippen molar-refractivity contribution in [2.45, 2.75) is 45.7 Å². The third-order valence-electron chi connectivity index (χ3n) is 3.43. The maximum absolute atomic E-state index is 12.0. The normalized spacial score (nSPS) is 11.2. The summed E-state index contributed by atoms with van der Waals surface area (Å²) in [7, 11) is 0. The van der Waals surface area contributed by atoms with Gasteiger partial charge in [0.15, 0.2) is 0 Å². The van der Waals surface area contributed by atoms with Crippen LogP contribution in [0.2, 0.25) is 0 Å². The number of hydrazine groups is 1. The third-order valence-corrected chi connectivity index (χ3v) is 3.43. The second kappa shape index (κ2) is 7.83. The average molecular weight is 344 g/mol. The Balaban J connectivity index is 1.74. The monoisotopic (exact) mass is 344 g/mol. The fraction of sp³-hybridized carbons (Fsp3) is 0.389. The number of nitrogens with one attached hydrogen (secondary N) is 3.